The molecule has 1 aromatic heterocycles. The van der Waals surface area contributed by atoms with Crippen molar-refractivity contribution in [3.05, 3.63) is 29.6 Å². The summed E-state index contributed by atoms with van der Waals surface area (Å²) in [6.07, 6.45) is 0.985. The summed E-state index contributed by atoms with van der Waals surface area (Å²) in [7, 11) is 0. The van der Waals surface area contributed by atoms with Gasteiger partial charge in [-0.05, 0) is 43.6 Å². The molecule has 0 aliphatic heterocycles. The standard InChI is InChI=1S/C13H14F3NO/c14-13(15,16)10-3-4-17-7-11(10)12(18)6-8-1-2-9(12)5-8/h3-4,7-9,18H,1-2,5-6H2. The lowest BCUT2D eigenvalue weighted by Crippen LogP contribution is -2.34. The molecular formula is C13H14F3NO. The van der Waals surface area contributed by atoms with Crippen molar-refractivity contribution in [3.63, 3.8) is 0 Å². The van der Waals surface area contributed by atoms with Gasteiger partial charge in [0.2, 0.25) is 0 Å². The molecule has 2 nitrogen and oxygen atoms in total. The van der Waals surface area contributed by atoms with Gasteiger partial charge >= 0.3 is 6.18 Å². The van der Waals surface area contributed by atoms with Crippen LogP contribution in [0, 0.1) is 11.8 Å². The van der Waals surface area contributed by atoms with Crippen LogP contribution in [0.5, 0.6) is 0 Å². The van der Waals surface area contributed by atoms with E-state index in [1.807, 2.05) is 0 Å². The number of hydrogen-bond acceptors (Lipinski definition) is 2. The molecule has 1 N–H and O–H groups in total. The van der Waals surface area contributed by atoms with E-state index in [0.717, 1.165) is 31.5 Å². The molecule has 1 aromatic rings. The summed E-state index contributed by atoms with van der Waals surface area (Å²) < 4.78 is 38.9. The van der Waals surface area contributed by atoms with Crippen molar-refractivity contribution in [1.82, 2.24) is 4.98 Å². The van der Waals surface area contributed by atoms with Gasteiger partial charge in [-0.1, -0.05) is 0 Å². The van der Waals surface area contributed by atoms with E-state index >= 15 is 0 Å². The number of nitrogens with zero attached hydrogens (tertiary/aromatic N) is 1. The molecule has 0 aromatic carbocycles. The van der Waals surface area contributed by atoms with Crippen LogP contribution in [0.4, 0.5) is 13.2 Å². The zero-order valence-corrected chi connectivity index (χ0v) is 9.74. The van der Waals surface area contributed by atoms with Crippen LogP contribution in [0.25, 0.3) is 0 Å². The molecular weight excluding hydrogens is 243 g/mol. The van der Waals surface area contributed by atoms with Gasteiger partial charge < -0.3 is 5.11 Å². The Kier molecular flexibility index (Phi) is 2.46. The van der Waals surface area contributed by atoms with Gasteiger partial charge in [-0.15, -0.1) is 0 Å². The van der Waals surface area contributed by atoms with Gasteiger partial charge in [-0.3, -0.25) is 4.98 Å². The third-order valence-corrected chi connectivity index (χ3v) is 4.41. The summed E-state index contributed by atoms with van der Waals surface area (Å²) in [5.74, 6) is 0.314. The van der Waals surface area contributed by atoms with E-state index in [4.69, 9.17) is 0 Å². The van der Waals surface area contributed by atoms with Crippen molar-refractivity contribution in [1.29, 1.82) is 0 Å². The lowest BCUT2D eigenvalue weighted by molar-refractivity contribution is -0.142. The maximum absolute atomic E-state index is 13.0. The van der Waals surface area contributed by atoms with E-state index in [0.29, 0.717) is 12.3 Å². The molecule has 3 unspecified atom stereocenters. The Hall–Kier alpha value is -1.10. The van der Waals surface area contributed by atoms with Gasteiger partial charge in [-0.25, -0.2) is 0 Å². The van der Waals surface area contributed by atoms with Gasteiger partial charge in [0.1, 0.15) is 0 Å². The number of aliphatic hydroxyl groups is 1. The van der Waals surface area contributed by atoms with Crippen molar-refractivity contribution in [2.75, 3.05) is 0 Å². The van der Waals surface area contributed by atoms with Crippen molar-refractivity contribution < 1.29 is 18.3 Å². The second-order valence-corrected chi connectivity index (χ2v) is 5.42. The molecule has 98 valence electrons. The fourth-order valence-corrected chi connectivity index (χ4v) is 3.62. The van der Waals surface area contributed by atoms with E-state index in [1.54, 1.807) is 0 Å². The zero-order valence-electron chi connectivity index (χ0n) is 9.74. The summed E-state index contributed by atoms with van der Waals surface area (Å²) in [5.41, 5.74) is -2.11. The van der Waals surface area contributed by atoms with E-state index in [1.165, 1.54) is 6.20 Å². The average molecular weight is 257 g/mol. The highest BCUT2D eigenvalue weighted by atomic mass is 19.4. The van der Waals surface area contributed by atoms with Crippen molar-refractivity contribution in [2.45, 2.75) is 37.5 Å². The fraction of sp³-hybridized carbons (Fsp3) is 0.615. The average Bonchev–Trinajstić information content (AvgIpc) is 2.88. The third kappa shape index (κ3) is 1.64. The Morgan fingerprint density at radius 3 is 2.67 bits per heavy atom. The fourth-order valence-electron chi connectivity index (χ4n) is 3.62. The number of rotatable bonds is 1. The van der Waals surface area contributed by atoms with Crippen molar-refractivity contribution in [2.24, 2.45) is 11.8 Å². The minimum Gasteiger partial charge on any atom is -0.385 e. The Balaban J connectivity index is 2.07. The predicted octanol–water partition coefficient (Wildman–Crippen LogP) is 3.11. The molecule has 2 aliphatic carbocycles. The first-order valence-corrected chi connectivity index (χ1v) is 6.15. The van der Waals surface area contributed by atoms with Crippen LogP contribution < -0.4 is 0 Å². The summed E-state index contributed by atoms with van der Waals surface area (Å²) in [5, 5.41) is 10.7. The highest BCUT2D eigenvalue weighted by Crippen LogP contribution is 2.56. The largest absolute Gasteiger partial charge is 0.416 e. The molecule has 2 aliphatic rings. The van der Waals surface area contributed by atoms with Gasteiger partial charge in [0, 0.05) is 18.0 Å². The lowest BCUT2D eigenvalue weighted by atomic mass is 9.78. The smallest absolute Gasteiger partial charge is 0.385 e. The molecule has 0 amide bonds. The molecule has 0 saturated heterocycles. The topological polar surface area (TPSA) is 33.1 Å². The van der Waals surface area contributed by atoms with E-state index in [-0.39, 0.29) is 11.5 Å². The highest BCUT2D eigenvalue weighted by molar-refractivity contribution is 5.34. The van der Waals surface area contributed by atoms with Gasteiger partial charge in [0.05, 0.1) is 11.2 Å². The lowest BCUT2D eigenvalue weighted by Gasteiger charge is -2.34. The zero-order chi connectivity index (χ0) is 13.0. The third-order valence-electron chi connectivity index (χ3n) is 4.41. The van der Waals surface area contributed by atoms with E-state index in [2.05, 4.69) is 4.98 Å². The Bertz CT molecular complexity index is 474. The van der Waals surface area contributed by atoms with Crippen molar-refractivity contribution >= 4 is 0 Å². The van der Waals surface area contributed by atoms with Crippen LogP contribution in [0.2, 0.25) is 0 Å². The molecule has 0 radical (unpaired) electrons. The number of hydrogen-bond donors (Lipinski definition) is 1. The van der Waals surface area contributed by atoms with Crippen molar-refractivity contribution in [3.8, 4) is 0 Å². The first kappa shape index (κ1) is 12.0. The maximum Gasteiger partial charge on any atom is 0.416 e. The molecule has 5 heteroatoms. The minimum atomic E-state index is -4.43. The van der Waals surface area contributed by atoms with Crippen LogP contribution in [-0.4, -0.2) is 10.1 Å². The van der Waals surface area contributed by atoms with Crippen LogP contribution in [0.1, 0.15) is 36.8 Å². The molecule has 0 spiro atoms. The van der Waals surface area contributed by atoms with Crippen LogP contribution in [0.3, 0.4) is 0 Å². The van der Waals surface area contributed by atoms with Crippen LogP contribution in [-0.2, 0) is 11.8 Å². The van der Waals surface area contributed by atoms with Gasteiger partial charge in [0.25, 0.3) is 0 Å². The quantitative estimate of drug-likeness (QED) is 0.838. The molecule has 18 heavy (non-hydrogen) atoms. The van der Waals surface area contributed by atoms with Gasteiger partial charge in [0.15, 0.2) is 0 Å². The Morgan fingerprint density at radius 2 is 2.11 bits per heavy atom. The molecule has 2 bridgehead atoms. The van der Waals surface area contributed by atoms with E-state index < -0.39 is 17.3 Å². The van der Waals surface area contributed by atoms with Crippen LogP contribution in [0.15, 0.2) is 18.5 Å². The minimum absolute atomic E-state index is 0.0373. The summed E-state index contributed by atoms with van der Waals surface area (Å²) in [6, 6.07) is 0.958. The predicted molar refractivity (Wildman–Crippen MR) is 58.6 cm³/mol. The number of pyridine rings is 1. The highest BCUT2D eigenvalue weighted by Gasteiger charge is 2.53. The summed E-state index contributed by atoms with van der Waals surface area (Å²) in [6.45, 7) is 0. The second kappa shape index (κ2) is 3.70. The van der Waals surface area contributed by atoms with Gasteiger partial charge in [-0.2, -0.15) is 13.2 Å². The number of alkyl halides is 3. The molecule has 2 saturated carbocycles. The number of aromatic nitrogens is 1. The Labute approximate surface area is 103 Å². The SMILES string of the molecule is OC1(c2cnccc2C(F)(F)F)CC2CCC1C2. The molecule has 2 fully saturated rings. The summed E-state index contributed by atoms with van der Waals surface area (Å²) >= 11 is 0. The Morgan fingerprint density at radius 1 is 1.33 bits per heavy atom. The maximum atomic E-state index is 13.0. The summed E-state index contributed by atoms with van der Waals surface area (Å²) in [4.78, 5) is 3.77. The normalized spacial score (nSPS) is 35.1. The molecule has 3 atom stereocenters. The number of fused-ring (bicyclic) bond motifs is 2. The second-order valence-electron chi connectivity index (χ2n) is 5.42. The molecule has 3 rings (SSSR count). The first-order chi connectivity index (χ1) is 8.41. The number of halogens is 3. The monoisotopic (exact) mass is 257 g/mol. The molecule has 1 heterocycles. The van der Waals surface area contributed by atoms with Crippen LogP contribution >= 0.6 is 0 Å². The van der Waals surface area contributed by atoms with E-state index in [9.17, 15) is 18.3 Å². The first-order valence-electron chi connectivity index (χ1n) is 6.15.